The highest BCUT2D eigenvalue weighted by Crippen LogP contribution is 2.08. The highest BCUT2D eigenvalue weighted by molar-refractivity contribution is 5.82. The lowest BCUT2D eigenvalue weighted by molar-refractivity contribution is -0.137. The molecule has 0 aromatic heterocycles. The molecule has 0 radical (unpaired) electrons. The summed E-state index contributed by atoms with van der Waals surface area (Å²) in [5.74, 6) is -0.183. The van der Waals surface area contributed by atoms with Gasteiger partial charge in [0.1, 0.15) is 0 Å². The van der Waals surface area contributed by atoms with E-state index in [9.17, 15) is 9.59 Å². The fraction of sp³-hybridized carbons (Fsp3) is 0.600. The van der Waals surface area contributed by atoms with Gasteiger partial charge in [0.15, 0.2) is 0 Å². The third-order valence-electron chi connectivity index (χ3n) is 2.04. The fourth-order valence-corrected chi connectivity index (χ4v) is 1.36. The lowest BCUT2D eigenvalue weighted by atomic mass is 10.4. The van der Waals surface area contributed by atoms with Crippen molar-refractivity contribution in [3.05, 3.63) is 12.2 Å². The Labute approximate surface area is 83.5 Å². The van der Waals surface area contributed by atoms with Gasteiger partial charge in [-0.05, 0) is 13.3 Å². The first-order chi connectivity index (χ1) is 6.74. The number of hydrogen-bond acceptors (Lipinski definition) is 3. The van der Waals surface area contributed by atoms with E-state index in [0.29, 0.717) is 19.6 Å². The van der Waals surface area contributed by atoms with Gasteiger partial charge < -0.3 is 9.64 Å². The average molecular weight is 197 g/mol. The number of likely N-dealkylation sites (tertiary alicyclic amines) is 1. The number of carbonyl (C=O) groups is 2. The number of carbonyl (C=O) groups excluding carboxylic acids is 2. The van der Waals surface area contributed by atoms with Gasteiger partial charge in [0.2, 0.25) is 5.91 Å². The summed E-state index contributed by atoms with van der Waals surface area (Å²) in [7, 11) is 0. The Kier molecular flexibility index (Phi) is 4.16. The number of esters is 1. The second-order valence-electron chi connectivity index (χ2n) is 3.10. The minimum absolute atomic E-state index is 0.165. The molecule has 4 heteroatoms. The molecule has 0 aromatic rings. The van der Waals surface area contributed by atoms with Gasteiger partial charge in [-0.1, -0.05) is 6.08 Å². The highest BCUT2D eigenvalue weighted by atomic mass is 16.5. The number of rotatable bonds is 4. The van der Waals surface area contributed by atoms with Gasteiger partial charge in [-0.15, -0.1) is 0 Å². The van der Waals surface area contributed by atoms with Gasteiger partial charge in [0, 0.05) is 25.6 Å². The van der Waals surface area contributed by atoms with E-state index >= 15 is 0 Å². The summed E-state index contributed by atoms with van der Waals surface area (Å²) in [6.07, 6.45) is 4.59. The molecule has 4 nitrogen and oxygen atoms in total. The van der Waals surface area contributed by atoms with Crippen LogP contribution in [-0.4, -0.2) is 36.5 Å². The average Bonchev–Trinajstić information content (AvgIpc) is 2.52. The Bertz CT molecular complexity index is 248. The summed E-state index contributed by atoms with van der Waals surface area (Å²) >= 11 is 0. The Balaban J connectivity index is 2.25. The van der Waals surface area contributed by atoms with Crippen LogP contribution in [0, 0.1) is 0 Å². The molecule has 0 N–H and O–H groups in total. The van der Waals surface area contributed by atoms with Crippen molar-refractivity contribution < 1.29 is 14.3 Å². The van der Waals surface area contributed by atoms with Crippen LogP contribution in [0.15, 0.2) is 12.2 Å². The zero-order valence-electron chi connectivity index (χ0n) is 8.36. The molecular formula is C10H15NO3. The van der Waals surface area contributed by atoms with Crippen LogP contribution in [0.3, 0.4) is 0 Å². The van der Waals surface area contributed by atoms with E-state index in [4.69, 9.17) is 4.74 Å². The highest BCUT2D eigenvalue weighted by Gasteiger charge is 2.18. The van der Waals surface area contributed by atoms with Crippen molar-refractivity contribution in [3.63, 3.8) is 0 Å². The maximum absolute atomic E-state index is 11.2. The van der Waals surface area contributed by atoms with E-state index in [1.54, 1.807) is 17.9 Å². The Morgan fingerprint density at radius 3 is 3.00 bits per heavy atom. The number of ether oxygens (including phenoxy) is 1. The van der Waals surface area contributed by atoms with Gasteiger partial charge in [-0.25, -0.2) is 4.79 Å². The molecule has 1 heterocycles. The Morgan fingerprint density at radius 2 is 2.43 bits per heavy atom. The lowest BCUT2D eigenvalue weighted by Gasteiger charge is -2.11. The molecule has 1 aliphatic heterocycles. The maximum atomic E-state index is 11.2. The second kappa shape index (κ2) is 5.42. The van der Waals surface area contributed by atoms with Crippen LogP contribution < -0.4 is 0 Å². The summed E-state index contributed by atoms with van der Waals surface area (Å²) < 4.78 is 4.70. The van der Waals surface area contributed by atoms with E-state index in [0.717, 1.165) is 13.0 Å². The third kappa shape index (κ3) is 3.20. The summed E-state index contributed by atoms with van der Waals surface area (Å²) in [6, 6.07) is 0. The minimum Gasteiger partial charge on any atom is -0.463 e. The molecule has 0 atom stereocenters. The van der Waals surface area contributed by atoms with Crippen molar-refractivity contribution in [1.29, 1.82) is 0 Å². The van der Waals surface area contributed by atoms with E-state index in [1.165, 1.54) is 6.08 Å². The predicted molar refractivity (Wildman–Crippen MR) is 51.6 cm³/mol. The van der Waals surface area contributed by atoms with Gasteiger partial charge >= 0.3 is 5.97 Å². The topological polar surface area (TPSA) is 46.6 Å². The van der Waals surface area contributed by atoms with Gasteiger partial charge in [0.05, 0.1) is 6.61 Å². The first-order valence-corrected chi connectivity index (χ1v) is 4.85. The maximum Gasteiger partial charge on any atom is 0.330 e. The van der Waals surface area contributed by atoms with E-state index in [1.807, 2.05) is 0 Å². The molecule has 14 heavy (non-hydrogen) atoms. The van der Waals surface area contributed by atoms with Crippen LogP contribution in [0.2, 0.25) is 0 Å². The predicted octanol–water partition coefficient (Wildman–Crippen LogP) is 0.728. The fourth-order valence-electron chi connectivity index (χ4n) is 1.36. The second-order valence-corrected chi connectivity index (χ2v) is 3.10. The third-order valence-corrected chi connectivity index (χ3v) is 2.04. The van der Waals surface area contributed by atoms with Gasteiger partial charge in [-0.3, -0.25) is 4.79 Å². The molecule has 1 aliphatic rings. The quantitative estimate of drug-likeness (QED) is 0.493. The summed E-state index contributed by atoms with van der Waals surface area (Å²) in [5, 5.41) is 0. The van der Waals surface area contributed by atoms with Crippen molar-refractivity contribution in [2.24, 2.45) is 0 Å². The van der Waals surface area contributed by atoms with Crippen LogP contribution in [0.4, 0.5) is 0 Å². The zero-order valence-corrected chi connectivity index (χ0v) is 8.36. The van der Waals surface area contributed by atoms with Crippen LogP contribution in [0.1, 0.15) is 19.8 Å². The molecule has 0 spiro atoms. The first kappa shape index (κ1) is 10.8. The van der Waals surface area contributed by atoms with Crippen molar-refractivity contribution in [1.82, 2.24) is 4.90 Å². The molecule has 0 unspecified atom stereocenters. The van der Waals surface area contributed by atoms with Crippen LogP contribution >= 0.6 is 0 Å². The van der Waals surface area contributed by atoms with Crippen molar-refractivity contribution in [2.45, 2.75) is 19.8 Å². The summed E-state index contributed by atoms with van der Waals surface area (Å²) in [4.78, 5) is 23.8. The molecule has 0 saturated carbocycles. The normalized spacial score (nSPS) is 16.6. The molecule has 0 aliphatic carbocycles. The van der Waals surface area contributed by atoms with Crippen molar-refractivity contribution in [2.75, 3.05) is 19.7 Å². The summed E-state index contributed by atoms with van der Waals surface area (Å²) in [6.45, 7) is 3.45. The number of amides is 1. The van der Waals surface area contributed by atoms with E-state index in [-0.39, 0.29) is 11.9 Å². The molecule has 1 amide bonds. The van der Waals surface area contributed by atoms with Crippen LogP contribution in [0.5, 0.6) is 0 Å². The Hall–Kier alpha value is -1.32. The molecular weight excluding hydrogens is 182 g/mol. The molecule has 1 saturated heterocycles. The molecule has 0 bridgehead atoms. The lowest BCUT2D eigenvalue weighted by Crippen LogP contribution is -2.24. The zero-order chi connectivity index (χ0) is 10.4. The van der Waals surface area contributed by atoms with Crippen molar-refractivity contribution in [3.8, 4) is 0 Å². The SMILES string of the molecule is CCOC(=O)/C=C/CN1CCCC1=O. The van der Waals surface area contributed by atoms with E-state index in [2.05, 4.69) is 0 Å². The van der Waals surface area contributed by atoms with E-state index < -0.39 is 0 Å². The van der Waals surface area contributed by atoms with Crippen molar-refractivity contribution >= 4 is 11.9 Å². The van der Waals surface area contributed by atoms with Gasteiger partial charge in [0.25, 0.3) is 0 Å². The standard InChI is InChI=1S/C10H15NO3/c1-2-14-10(13)6-4-8-11-7-3-5-9(11)12/h4,6H,2-3,5,7-8H2,1H3/b6-4+. The monoisotopic (exact) mass is 197 g/mol. The number of nitrogens with zero attached hydrogens (tertiary/aromatic N) is 1. The Morgan fingerprint density at radius 1 is 1.64 bits per heavy atom. The molecule has 1 rings (SSSR count). The van der Waals surface area contributed by atoms with Crippen LogP contribution in [-0.2, 0) is 14.3 Å². The molecule has 1 fully saturated rings. The summed E-state index contributed by atoms with van der Waals surface area (Å²) in [5.41, 5.74) is 0. The number of hydrogen-bond donors (Lipinski definition) is 0. The smallest absolute Gasteiger partial charge is 0.330 e. The van der Waals surface area contributed by atoms with Gasteiger partial charge in [-0.2, -0.15) is 0 Å². The molecule has 0 aromatic carbocycles. The largest absolute Gasteiger partial charge is 0.463 e. The van der Waals surface area contributed by atoms with Crippen LogP contribution in [0.25, 0.3) is 0 Å². The first-order valence-electron chi connectivity index (χ1n) is 4.85. The molecule has 78 valence electrons. The minimum atomic E-state index is -0.348.